The van der Waals surface area contributed by atoms with E-state index in [1.54, 1.807) is 54.6 Å². The smallest absolute Gasteiger partial charge is 0.255 e. The fourth-order valence-corrected chi connectivity index (χ4v) is 4.34. The second kappa shape index (κ2) is 10.1. The molecule has 0 aliphatic carbocycles. The van der Waals surface area contributed by atoms with Crippen LogP contribution in [0.2, 0.25) is 0 Å². The van der Waals surface area contributed by atoms with Gasteiger partial charge in [0.15, 0.2) is 5.82 Å². The van der Waals surface area contributed by atoms with Gasteiger partial charge in [0.2, 0.25) is 0 Å². The highest BCUT2D eigenvalue weighted by molar-refractivity contribution is 6.08. The van der Waals surface area contributed by atoms with E-state index < -0.39 is 11.7 Å². The van der Waals surface area contributed by atoms with E-state index in [0.29, 0.717) is 28.2 Å². The molecule has 1 aliphatic heterocycles. The van der Waals surface area contributed by atoms with Gasteiger partial charge in [-0.3, -0.25) is 9.59 Å². The van der Waals surface area contributed by atoms with Crippen LogP contribution in [-0.2, 0) is 13.0 Å². The molecule has 0 spiro atoms. The monoisotopic (exact) mass is 483 g/mol. The summed E-state index contributed by atoms with van der Waals surface area (Å²) in [6, 6.07) is 18.4. The van der Waals surface area contributed by atoms with Gasteiger partial charge in [0.1, 0.15) is 11.6 Å². The van der Waals surface area contributed by atoms with E-state index in [9.17, 15) is 14.0 Å². The SMILES string of the molecule is Cc1ccc(C(=O)Nc2cc(-c3nnc4n3CCCCC4)ccc2F)cc1NC(=O)c1ccccc1. The molecule has 36 heavy (non-hydrogen) atoms. The van der Waals surface area contributed by atoms with Crippen molar-refractivity contribution >= 4 is 23.2 Å². The van der Waals surface area contributed by atoms with Crippen LogP contribution in [0.25, 0.3) is 11.4 Å². The molecule has 0 saturated carbocycles. The number of fused-ring (bicyclic) bond motifs is 1. The minimum Gasteiger partial charge on any atom is -0.322 e. The Morgan fingerprint density at radius 2 is 1.61 bits per heavy atom. The molecule has 2 N–H and O–H groups in total. The fourth-order valence-electron chi connectivity index (χ4n) is 4.34. The Bertz CT molecular complexity index is 1430. The van der Waals surface area contributed by atoms with Crippen molar-refractivity contribution in [3.05, 3.63) is 95.1 Å². The maximum absolute atomic E-state index is 14.7. The molecule has 5 rings (SSSR count). The number of amides is 2. The van der Waals surface area contributed by atoms with Crippen molar-refractivity contribution in [3.8, 4) is 11.4 Å². The van der Waals surface area contributed by atoms with E-state index >= 15 is 0 Å². The quantitative estimate of drug-likeness (QED) is 0.385. The lowest BCUT2D eigenvalue weighted by Gasteiger charge is -2.13. The summed E-state index contributed by atoms with van der Waals surface area (Å²) in [5, 5.41) is 14.2. The molecule has 1 aromatic heterocycles. The first-order chi connectivity index (χ1) is 17.5. The van der Waals surface area contributed by atoms with Gasteiger partial charge >= 0.3 is 0 Å². The number of nitrogens with one attached hydrogen (secondary N) is 2. The van der Waals surface area contributed by atoms with E-state index in [1.165, 1.54) is 6.07 Å². The Kier molecular flexibility index (Phi) is 6.58. The first kappa shape index (κ1) is 23.4. The highest BCUT2D eigenvalue weighted by atomic mass is 19.1. The summed E-state index contributed by atoms with van der Waals surface area (Å²) in [4.78, 5) is 25.6. The molecule has 0 bridgehead atoms. The predicted octanol–water partition coefficient (Wildman–Crippen LogP) is 5.62. The largest absolute Gasteiger partial charge is 0.322 e. The zero-order chi connectivity index (χ0) is 25.1. The van der Waals surface area contributed by atoms with Gasteiger partial charge in [0.05, 0.1) is 5.69 Å². The van der Waals surface area contributed by atoms with Crippen LogP contribution < -0.4 is 10.6 Å². The number of anilines is 2. The van der Waals surface area contributed by atoms with E-state index in [0.717, 1.165) is 43.6 Å². The van der Waals surface area contributed by atoms with E-state index in [4.69, 9.17) is 0 Å². The van der Waals surface area contributed by atoms with Crippen molar-refractivity contribution in [1.82, 2.24) is 14.8 Å². The number of aryl methyl sites for hydroxylation is 2. The van der Waals surface area contributed by atoms with Gasteiger partial charge in [-0.15, -0.1) is 10.2 Å². The number of halogens is 1. The molecule has 8 heteroatoms. The van der Waals surface area contributed by atoms with Gasteiger partial charge in [-0.05, 0) is 67.8 Å². The summed E-state index contributed by atoms with van der Waals surface area (Å²) in [6.07, 6.45) is 4.12. The van der Waals surface area contributed by atoms with Crippen molar-refractivity contribution in [3.63, 3.8) is 0 Å². The van der Waals surface area contributed by atoms with Gasteiger partial charge in [-0.1, -0.05) is 30.7 Å². The minimum absolute atomic E-state index is 0.0546. The third kappa shape index (κ3) is 4.88. The summed E-state index contributed by atoms with van der Waals surface area (Å²) in [6.45, 7) is 2.66. The molecule has 2 heterocycles. The van der Waals surface area contributed by atoms with Crippen LogP contribution in [0.5, 0.6) is 0 Å². The zero-order valence-electron chi connectivity index (χ0n) is 19.9. The van der Waals surface area contributed by atoms with Crippen molar-refractivity contribution in [2.75, 3.05) is 10.6 Å². The molecule has 1 aliphatic rings. The number of nitrogens with zero attached hydrogens (tertiary/aromatic N) is 3. The second-order valence-corrected chi connectivity index (χ2v) is 8.90. The lowest BCUT2D eigenvalue weighted by molar-refractivity contribution is 0.101. The molecule has 0 unspecified atom stereocenters. The number of carbonyl (C=O) groups is 2. The number of hydrogen-bond donors (Lipinski definition) is 2. The van der Waals surface area contributed by atoms with Gasteiger partial charge < -0.3 is 15.2 Å². The van der Waals surface area contributed by atoms with Crippen LogP contribution in [0.15, 0.2) is 66.7 Å². The van der Waals surface area contributed by atoms with Crippen LogP contribution in [0, 0.1) is 12.7 Å². The number of benzene rings is 3. The molecule has 0 radical (unpaired) electrons. The van der Waals surface area contributed by atoms with Crippen LogP contribution >= 0.6 is 0 Å². The Hall–Kier alpha value is -4.33. The summed E-state index contributed by atoms with van der Waals surface area (Å²) < 4.78 is 16.8. The minimum atomic E-state index is -0.549. The highest BCUT2D eigenvalue weighted by Gasteiger charge is 2.18. The lowest BCUT2D eigenvalue weighted by Crippen LogP contribution is -2.16. The topological polar surface area (TPSA) is 88.9 Å². The maximum Gasteiger partial charge on any atom is 0.255 e. The third-order valence-corrected chi connectivity index (χ3v) is 6.37. The summed E-state index contributed by atoms with van der Waals surface area (Å²) >= 11 is 0. The Morgan fingerprint density at radius 1 is 0.833 bits per heavy atom. The molecule has 182 valence electrons. The first-order valence-corrected chi connectivity index (χ1v) is 12.0. The summed E-state index contributed by atoms with van der Waals surface area (Å²) in [5.74, 6) is 0.294. The van der Waals surface area contributed by atoms with Crippen LogP contribution in [0.4, 0.5) is 15.8 Å². The zero-order valence-corrected chi connectivity index (χ0v) is 19.9. The van der Waals surface area contributed by atoms with Gasteiger partial charge in [-0.2, -0.15) is 0 Å². The Balaban J connectivity index is 1.37. The van der Waals surface area contributed by atoms with Crippen molar-refractivity contribution in [2.24, 2.45) is 0 Å². The average Bonchev–Trinajstić information content (AvgIpc) is 3.14. The molecule has 2 amide bonds. The number of rotatable bonds is 5. The van der Waals surface area contributed by atoms with E-state index in [2.05, 4.69) is 25.4 Å². The second-order valence-electron chi connectivity index (χ2n) is 8.90. The van der Waals surface area contributed by atoms with Crippen LogP contribution in [0.3, 0.4) is 0 Å². The molecule has 3 aromatic carbocycles. The maximum atomic E-state index is 14.7. The van der Waals surface area contributed by atoms with Gasteiger partial charge in [0.25, 0.3) is 11.8 Å². The number of hydrogen-bond acceptors (Lipinski definition) is 4. The molecule has 4 aromatic rings. The van der Waals surface area contributed by atoms with Crippen LogP contribution in [-0.4, -0.2) is 26.6 Å². The van der Waals surface area contributed by atoms with Crippen molar-refractivity contribution in [1.29, 1.82) is 0 Å². The normalized spacial score (nSPS) is 12.9. The Morgan fingerprint density at radius 3 is 2.44 bits per heavy atom. The van der Waals surface area contributed by atoms with Gasteiger partial charge in [-0.25, -0.2) is 4.39 Å². The third-order valence-electron chi connectivity index (χ3n) is 6.37. The van der Waals surface area contributed by atoms with Crippen LogP contribution in [0.1, 0.15) is 51.4 Å². The first-order valence-electron chi connectivity index (χ1n) is 12.0. The molecule has 0 atom stereocenters. The van der Waals surface area contributed by atoms with Gasteiger partial charge in [0, 0.05) is 35.3 Å². The van der Waals surface area contributed by atoms with E-state index in [-0.39, 0.29) is 11.6 Å². The molecular formula is C28H26FN5O2. The molecular weight excluding hydrogens is 457 g/mol. The van der Waals surface area contributed by atoms with Crippen molar-refractivity contribution < 1.29 is 14.0 Å². The standard InChI is InChI=1S/C28H26FN5O2/c1-18-11-12-21(17-23(18)30-27(35)19-8-4-2-5-9-19)28(36)31-24-16-20(13-14-22(24)29)26-33-32-25-10-6-3-7-15-34(25)26/h2,4-5,8-9,11-14,16-17H,3,6-7,10,15H2,1H3,(H,30,35)(H,31,36). The Labute approximate surface area is 208 Å². The molecule has 0 fully saturated rings. The summed E-state index contributed by atoms with van der Waals surface area (Å²) in [5.41, 5.74) is 2.86. The molecule has 7 nitrogen and oxygen atoms in total. The lowest BCUT2D eigenvalue weighted by atomic mass is 10.1. The molecule has 0 saturated heterocycles. The highest BCUT2D eigenvalue weighted by Crippen LogP contribution is 2.27. The average molecular weight is 484 g/mol. The fraction of sp³-hybridized carbons (Fsp3) is 0.214. The van der Waals surface area contributed by atoms with Crippen molar-refractivity contribution in [2.45, 2.75) is 39.2 Å². The number of aromatic nitrogens is 3. The van der Waals surface area contributed by atoms with E-state index in [1.807, 2.05) is 13.0 Å². The number of carbonyl (C=O) groups excluding carboxylic acids is 2. The summed E-state index contributed by atoms with van der Waals surface area (Å²) in [7, 11) is 0. The predicted molar refractivity (Wildman–Crippen MR) is 136 cm³/mol.